The first-order chi connectivity index (χ1) is 8.33. The summed E-state index contributed by atoms with van der Waals surface area (Å²) in [5, 5.41) is 5.51. The van der Waals surface area contributed by atoms with Gasteiger partial charge in [0.25, 0.3) is 5.91 Å². The molecule has 1 heterocycles. The van der Waals surface area contributed by atoms with Gasteiger partial charge in [0.1, 0.15) is 9.84 Å². The number of amides is 1. The molecule has 7 heteroatoms. The van der Waals surface area contributed by atoms with Crippen LogP contribution >= 0.6 is 0 Å². The second kappa shape index (κ2) is 5.81. The maximum absolute atomic E-state index is 11.9. The van der Waals surface area contributed by atoms with Crippen LogP contribution in [0.15, 0.2) is 18.5 Å². The molecule has 0 saturated carbocycles. The van der Waals surface area contributed by atoms with Crippen LogP contribution < -0.4 is 10.6 Å². The molecular weight excluding hydrogens is 254 g/mol. The van der Waals surface area contributed by atoms with Crippen molar-refractivity contribution in [3.05, 3.63) is 24.0 Å². The fourth-order valence-corrected chi connectivity index (χ4v) is 2.58. The molecule has 0 radical (unpaired) electrons. The van der Waals surface area contributed by atoms with Crippen LogP contribution in [0.1, 0.15) is 17.3 Å². The maximum atomic E-state index is 11.9. The van der Waals surface area contributed by atoms with Gasteiger partial charge in [0.05, 0.1) is 11.3 Å². The Morgan fingerprint density at radius 3 is 2.72 bits per heavy atom. The van der Waals surface area contributed by atoms with Gasteiger partial charge in [-0.25, -0.2) is 8.42 Å². The zero-order valence-corrected chi connectivity index (χ0v) is 11.4. The van der Waals surface area contributed by atoms with Crippen LogP contribution in [0.5, 0.6) is 0 Å². The van der Waals surface area contributed by atoms with E-state index < -0.39 is 15.9 Å². The highest BCUT2D eigenvalue weighted by Gasteiger charge is 2.16. The van der Waals surface area contributed by atoms with Crippen molar-refractivity contribution >= 4 is 21.4 Å². The fraction of sp³-hybridized carbons (Fsp3) is 0.455. The molecule has 18 heavy (non-hydrogen) atoms. The molecule has 1 unspecified atom stereocenters. The van der Waals surface area contributed by atoms with Gasteiger partial charge >= 0.3 is 0 Å². The molecule has 2 N–H and O–H groups in total. The predicted octanol–water partition coefficient (Wildman–Crippen LogP) is 0.286. The van der Waals surface area contributed by atoms with E-state index in [-0.39, 0.29) is 11.7 Å². The van der Waals surface area contributed by atoms with Gasteiger partial charge in [-0.05, 0) is 13.0 Å². The zero-order valence-electron chi connectivity index (χ0n) is 10.6. The molecule has 0 bridgehead atoms. The predicted molar refractivity (Wildman–Crippen MR) is 70.4 cm³/mol. The van der Waals surface area contributed by atoms with Crippen LogP contribution in [-0.4, -0.2) is 44.4 Å². The number of rotatable bonds is 5. The number of carbonyl (C=O) groups excluding carboxylic acids is 1. The second-order valence-corrected chi connectivity index (χ2v) is 6.32. The van der Waals surface area contributed by atoms with Crippen molar-refractivity contribution in [2.24, 2.45) is 0 Å². The lowest BCUT2D eigenvalue weighted by atomic mass is 10.2. The van der Waals surface area contributed by atoms with Crippen molar-refractivity contribution in [1.82, 2.24) is 10.3 Å². The summed E-state index contributed by atoms with van der Waals surface area (Å²) < 4.78 is 22.2. The Balaban J connectivity index is 2.77. The monoisotopic (exact) mass is 271 g/mol. The molecule has 0 aromatic carbocycles. The van der Waals surface area contributed by atoms with E-state index >= 15 is 0 Å². The number of hydrogen-bond acceptors (Lipinski definition) is 5. The number of pyridine rings is 1. The van der Waals surface area contributed by atoms with E-state index in [1.165, 1.54) is 6.20 Å². The van der Waals surface area contributed by atoms with Gasteiger partial charge in [-0.2, -0.15) is 0 Å². The SMILES string of the molecule is CNc1ccncc1C(=O)NC(C)CS(C)(=O)=O. The molecule has 1 aromatic heterocycles. The normalized spacial score (nSPS) is 12.8. The third kappa shape index (κ3) is 4.33. The molecule has 0 spiro atoms. The Labute approximate surface area is 107 Å². The van der Waals surface area contributed by atoms with Crippen molar-refractivity contribution in [2.75, 3.05) is 24.4 Å². The second-order valence-electron chi connectivity index (χ2n) is 4.14. The molecule has 0 aliphatic carbocycles. The zero-order chi connectivity index (χ0) is 13.8. The third-order valence-electron chi connectivity index (χ3n) is 2.27. The summed E-state index contributed by atoms with van der Waals surface area (Å²) in [6.45, 7) is 1.65. The van der Waals surface area contributed by atoms with Crippen molar-refractivity contribution in [3.63, 3.8) is 0 Å². The number of anilines is 1. The lowest BCUT2D eigenvalue weighted by Gasteiger charge is -2.14. The van der Waals surface area contributed by atoms with Crippen molar-refractivity contribution in [2.45, 2.75) is 13.0 Å². The highest BCUT2D eigenvalue weighted by molar-refractivity contribution is 7.90. The Bertz CT molecular complexity index is 528. The quantitative estimate of drug-likeness (QED) is 0.803. The third-order valence-corrected chi connectivity index (χ3v) is 3.37. The summed E-state index contributed by atoms with van der Waals surface area (Å²) in [6.07, 6.45) is 4.15. The van der Waals surface area contributed by atoms with E-state index in [1.807, 2.05) is 0 Å². The molecule has 1 rings (SSSR count). The van der Waals surface area contributed by atoms with Crippen LogP contribution in [0.3, 0.4) is 0 Å². The molecule has 0 aliphatic heterocycles. The summed E-state index contributed by atoms with van der Waals surface area (Å²) in [4.78, 5) is 15.8. The van der Waals surface area contributed by atoms with Crippen LogP contribution in [0.4, 0.5) is 5.69 Å². The van der Waals surface area contributed by atoms with Gasteiger partial charge in [-0.15, -0.1) is 0 Å². The number of nitrogens with zero attached hydrogens (tertiary/aromatic N) is 1. The summed E-state index contributed by atoms with van der Waals surface area (Å²) in [5.74, 6) is -0.433. The molecule has 0 aliphatic rings. The molecule has 0 fully saturated rings. The summed E-state index contributed by atoms with van der Waals surface area (Å²) in [7, 11) is -1.41. The fourth-order valence-electron chi connectivity index (χ4n) is 1.59. The Morgan fingerprint density at radius 1 is 1.50 bits per heavy atom. The average Bonchev–Trinajstić information content (AvgIpc) is 2.26. The summed E-state index contributed by atoms with van der Waals surface area (Å²) in [6, 6.07) is 1.23. The molecule has 1 amide bonds. The minimum atomic E-state index is -3.11. The first-order valence-electron chi connectivity index (χ1n) is 5.44. The van der Waals surface area contributed by atoms with E-state index in [9.17, 15) is 13.2 Å². The van der Waals surface area contributed by atoms with Gasteiger partial charge in [0.15, 0.2) is 0 Å². The van der Waals surface area contributed by atoms with Gasteiger partial charge < -0.3 is 10.6 Å². The van der Waals surface area contributed by atoms with Gasteiger partial charge in [0.2, 0.25) is 0 Å². The molecule has 1 aromatic rings. The first kappa shape index (κ1) is 14.4. The number of nitrogens with one attached hydrogen (secondary N) is 2. The van der Waals surface area contributed by atoms with E-state index in [0.29, 0.717) is 11.3 Å². The highest BCUT2D eigenvalue weighted by atomic mass is 32.2. The van der Waals surface area contributed by atoms with Crippen molar-refractivity contribution in [3.8, 4) is 0 Å². The largest absolute Gasteiger partial charge is 0.387 e. The number of aromatic nitrogens is 1. The standard InChI is InChI=1S/C11H17N3O3S/c1-8(7-18(3,16)17)14-11(15)9-6-13-5-4-10(9)12-2/h4-6,8H,7H2,1-3H3,(H,12,13)(H,14,15). The number of hydrogen-bond donors (Lipinski definition) is 2. The molecule has 6 nitrogen and oxygen atoms in total. The minimum absolute atomic E-state index is 0.0894. The summed E-state index contributed by atoms with van der Waals surface area (Å²) >= 11 is 0. The van der Waals surface area contributed by atoms with Crippen molar-refractivity contribution in [1.29, 1.82) is 0 Å². The molecular formula is C11H17N3O3S. The average molecular weight is 271 g/mol. The Morgan fingerprint density at radius 2 is 2.17 bits per heavy atom. The lowest BCUT2D eigenvalue weighted by molar-refractivity contribution is 0.0944. The van der Waals surface area contributed by atoms with Crippen LogP contribution in [-0.2, 0) is 9.84 Å². The van der Waals surface area contributed by atoms with Crippen LogP contribution in [0.25, 0.3) is 0 Å². The van der Waals surface area contributed by atoms with Gasteiger partial charge in [0, 0.05) is 37.4 Å². The van der Waals surface area contributed by atoms with Crippen molar-refractivity contribution < 1.29 is 13.2 Å². The highest BCUT2D eigenvalue weighted by Crippen LogP contribution is 2.12. The smallest absolute Gasteiger partial charge is 0.255 e. The Hall–Kier alpha value is -1.63. The van der Waals surface area contributed by atoms with Crippen LogP contribution in [0.2, 0.25) is 0 Å². The van der Waals surface area contributed by atoms with E-state index in [2.05, 4.69) is 15.6 Å². The molecule has 100 valence electrons. The van der Waals surface area contributed by atoms with Gasteiger partial charge in [-0.3, -0.25) is 9.78 Å². The van der Waals surface area contributed by atoms with E-state index in [1.54, 1.807) is 26.2 Å². The van der Waals surface area contributed by atoms with Crippen LogP contribution in [0, 0.1) is 0 Å². The van der Waals surface area contributed by atoms with Gasteiger partial charge in [-0.1, -0.05) is 0 Å². The molecule has 0 saturated heterocycles. The maximum Gasteiger partial charge on any atom is 0.255 e. The minimum Gasteiger partial charge on any atom is -0.387 e. The molecule has 1 atom stereocenters. The topological polar surface area (TPSA) is 88.2 Å². The first-order valence-corrected chi connectivity index (χ1v) is 7.50. The lowest BCUT2D eigenvalue weighted by Crippen LogP contribution is -2.37. The van der Waals surface area contributed by atoms with E-state index in [4.69, 9.17) is 0 Å². The van der Waals surface area contributed by atoms with E-state index in [0.717, 1.165) is 6.26 Å². The Kier molecular flexibility index (Phi) is 4.66. The summed E-state index contributed by atoms with van der Waals surface area (Å²) in [5.41, 5.74) is 1.04. The number of carbonyl (C=O) groups is 1. The number of sulfone groups is 1.